The summed E-state index contributed by atoms with van der Waals surface area (Å²) in [5.74, 6) is 0.720. The Morgan fingerprint density at radius 1 is 1.00 bits per heavy atom. The average Bonchev–Trinajstić information content (AvgIpc) is 2.93. The molecule has 0 aliphatic carbocycles. The number of aryl methyl sites for hydroxylation is 2. The molecule has 3 rings (SSSR count). The first kappa shape index (κ1) is 13.7. The van der Waals surface area contributed by atoms with Gasteiger partial charge in [0.25, 0.3) is 0 Å². The van der Waals surface area contributed by atoms with Gasteiger partial charge in [0, 0.05) is 16.8 Å². The molecule has 0 spiro atoms. The minimum absolute atomic E-state index is 0.448. The molecule has 2 heterocycles. The van der Waals surface area contributed by atoms with Crippen LogP contribution in [0.1, 0.15) is 18.2 Å². The van der Waals surface area contributed by atoms with Crippen LogP contribution in [0, 0.1) is 11.7 Å². The summed E-state index contributed by atoms with van der Waals surface area (Å²) in [6.07, 6.45) is 1.05. The first-order chi connectivity index (χ1) is 10.2. The van der Waals surface area contributed by atoms with E-state index >= 15 is 0 Å². The lowest BCUT2D eigenvalue weighted by molar-refractivity contribution is 1.08. The molecule has 0 radical (unpaired) electrons. The Morgan fingerprint density at radius 2 is 1.76 bits per heavy atom. The van der Waals surface area contributed by atoms with Crippen LogP contribution in [-0.4, -0.2) is 20.2 Å². The highest BCUT2D eigenvalue weighted by Gasteiger charge is 2.08. The fraction of sp³-hybridized carbons (Fsp3) is 0.188. The van der Waals surface area contributed by atoms with Crippen LogP contribution in [0.25, 0.3) is 22.6 Å². The predicted molar refractivity (Wildman–Crippen MR) is 86.6 cm³/mol. The molecule has 2 aromatic heterocycles. The Hall–Kier alpha value is -2.27. The number of nitrogens with zero attached hydrogens (tertiary/aromatic N) is 2. The zero-order valence-corrected chi connectivity index (χ0v) is 12.8. The molecule has 0 bridgehead atoms. The van der Waals surface area contributed by atoms with Gasteiger partial charge in [-0.05, 0) is 43.3 Å². The van der Waals surface area contributed by atoms with Crippen molar-refractivity contribution in [3.63, 3.8) is 0 Å². The summed E-state index contributed by atoms with van der Waals surface area (Å²) in [7, 11) is 0. The van der Waals surface area contributed by atoms with Crippen LogP contribution in [0.3, 0.4) is 0 Å². The van der Waals surface area contributed by atoms with E-state index in [1.807, 2.05) is 19.1 Å². The topological polar surface area (TPSA) is 57.4 Å². The molecule has 0 aliphatic rings. The molecule has 0 amide bonds. The second-order valence-corrected chi connectivity index (χ2v) is 5.28. The van der Waals surface area contributed by atoms with Crippen molar-refractivity contribution in [1.29, 1.82) is 0 Å². The van der Waals surface area contributed by atoms with Crippen molar-refractivity contribution >= 4 is 12.2 Å². The lowest BCUT2D eigenvalue weighted by atomic mass is 10.1. The predicted octanol–water partition coefficient (Wildman–Crippen LogP) is 4.07. The van der Waals surface area contributed by atoms with E-state index in [-0.39, 0.29) is 0 Å². The molecule has 106 valence electrons. The molecule has 3 aromatic rings. The summed E-state index contributed by atoms with van der Waals surface area (Å²) in [6, 6.07) is 12.5. The molecule has 2 N–H and O–H groups in total. The van der Waals surface area contributed by atoms with Crippen LogP contribution in [0.5, 0.6) is 0 Å². The second-order valence-electron chi connectivity index (χ2n) is 4.90. The number of aromatic nitrogens is 4. The first-order valence-corrected chi connectivity index (χ1v) is 7.30. The van der Waals surface area contributed by atoms with Gasteiger partial charge in [0.2, 0.25) is 4.77 Å². The maximum absolute atomic E-state index is 4.98. The monoisotopic (exact) mass is 296 g/mol. The lowest BCUT2D eigenvalue weighted by Gasteiger charge is -2.06. The van der Waals surface area contributed by atoms with Gasteiger partial charge in [-0.3, -0.25) is 15.2 Å². The minimum Gasteiger partial charge on any atom is -0.282 e. The van der Waals surface area contributed by atoms with Crippen molar-refractivity contribution in [2.45, 2.75) is 20.3 Å². The second kappa shape index (κ2) is 5.61. The van der Waals surface area contributed by atoms with E-state index in [4.69, 9.17) is 12.2 Å². The molecule has 0 atom stereocenters. The molecule has 0 fully saturated rings. The van der Waals surface area contributed by atoms with Gasteiger partial charge < -0.3 is 0 Å². The summed E-state index contributed by atoms with van der Waals surface area (Å²) in [5.41, 5.74) is 5.29. The fourth-order valence-corrected chi connectivity index (χ4v) is 2.42. The van der Waals surface area contributed by atoms with E-state index in [0.717, 1.165) is 34.8 Å². The van der Waals surface area contributed by atoms with Crippen molar-refractivity contribution in [2.24, 2.45) is 0 Å². The van der Waals surface area contributed by atoms with Gasteiger partial charge in [0.1, 0.15) is 0 Å². The Labute approximate surface area is 128 Å². The molecule has 4 nitrogen and oxygen atoms in total. The number of H-pyrrole nitrogens is 2. The normalized spacial score (nSPS) is 10.8. The van der Waals surface area contributed by atoms with Crippen LogP contribution in [0.4, 0.5) is 0 Å². The van der Waals surface area contributed by atoms with Gasteiger partial charge in [-0.25, -0.2) is 0 Å². The Bertz CT molecular complexity index is 815. The number of nitrogens with one attached hydrogen (secondary N) is 2. The van der Waals surface area contributed by atoms with Gasteiger partial charge in [-0.1, -0.05) is 31.2 Å². The number of hydrogen-bond donors (Lipinski definition) is 2. The number of aromatic amines is 2. The van der Waals surface area contributed by atoms with Gasteiger partial charge in [-0.15, -0.1) is 0 Å². The SMILES string of the molecule is CCc1ccc(-c2ccc(-c3nc(=S)[nH][nH]3)c(C)n2)cc1. The van der Waals surface area contributed by atoms with E-state index in [2.05, 4.69) is 51.4 Å². The quantitative estimate of drug-likeness (QED) is 0.716. The molecule has 0 unspecified atom stereocenters. The van der Waals surface area contributed by atoms with Crippen molar-refractivity contribution < 1.29 is 0 Å². The Morgan fingerprint density at radius 3 is 2.33 bits per heavy atom. The van der Waals surface area contributed by atoms with Gasteiger partial charge in [0.05, 0.1) is 5.69 Å². The van der Waals surface area contributed by atoms with Crippen LogP contribution in [0.15, 0.2) is 36.4 Å². The highest BCUT2D eigenvalue weighted by atomic mass is 32.1. The summed E-state index contributed by atoms with van der Waals surface area (Å²) < 4.78 is 0.448. The number of pyridine rings is 1. The highest BCUT2D eigenvalue weighted by Crippen LogP contribution is 2.23. The number of rotatable bonds is 3. The molecule has 1 aromatic carbocycles. The summed E-state index contributed by atoms with van der Waals surface area (Å²) in [5, 5.41) is 5.76. The largest absolute Gasteiger partial charge is 0.282 e. The first-order valence-electron chi connectivity index (χ1n) is 6.89. The van der Waals surface area contributed by atoms with Crippen LogP contribution in [-0.2, 0) is 6.42 Å². The van der Waals surface area contributed by atoms with E-state index in [1.165, 1.54) is 5.56 Å². The van der Waals surface area contributed by atoms with Gasteiger partial charge >= 0.3 is 0 Å². The third-order valence-electron chi connectivity index (χ3n) is 3.50. The molecule has 21 heavy (non-hydrogen) atoms. The smallest absolute Gasteiger partial charge is 0.213 e. The maximum atomic E-state index is 4.98. The fourth-order valence-electron chi connectivity index (χ4n) is 2.28. The molecule has 0 aliphatic heterocycles. The number of hydrogen-bond acceptors (Lipinski definition) is 3. The summed E-state index contributed by atoms with van der Waals surface area (Å²) >= 11 is 4.98. The zero-order valence-electron chi connectivity index (χ0n) is 12.0. The summed E-state index contributed by atoms with van der Waals surface area (Å²) in [6.45, 7) is 4.13. The van der Waals surface area contributed by atoms with E-state index in [0.29, 0.717) is 4.77 Å². The van der Waals surface area contributed by atoms with Crippen molar-refractivity contribution in [3.8, 4) is 22.6 Å². The molecular formula is C16H16N4S. The van der Waals surface area contributed by atoms with Crippen molar-refractivity contribution in [1.82, 2.24) is 20.2 Å². The summed E-state index contributed by atoms with van der Waals surface area (Å²) in [4.78, 5) is 8.91. The van der Waals surface area contributed by atoms with Gasteiger partial charge in [-0.2, -0.15) is 4.98 Å². The van der Waals surface area contributed by atoms with E-state index < -0.39 is 0 Å². The maximum Gasteiger partial charge on any atom is 0.213 e. The standard InChI is InChI=1S/C16H16N4S/c1-3-11-4-6-12(7-5-11)14-9-8-13(10(2)17-14)15-18-16(21)20-19-15/h4-9H,3H2,1-2H3,(H2,18,19,20,21). The Kier molecular flexibility index (Phi) is 3.66. The third-order valence-corrected chi connectivity index (χ3v) is 3.69. The molecule has 0 saturated carbocycles. The lowest BCUT2D eigenvalue weighted by Crippen LogP contribution is -1.93. The molecule has 0 saturated heterocycles. The van der Waals surface area contributed by atoms with Crippen LogP contribution in [0.2, 0.25) is 0 Å². The van der Waals surface area contributed by atoms with E-state index in [9.17, 15) is 0 Å². The minimum atomic E-state index is 0.448. The van der Waals surface area contributed by atoms with Crippen LogP contribution < -0.4 is 0 Å². The number of benzene rings is 1. The van der Waals surface area contributed by atoms with E-state index in [1.54, 1.807) is 0 Å². The average molecular weight is 296 g/mol. The van der Waals surface area contributed by atoms with Crippen LogP contribution >= 0.6 is 12.2 Å². The molecular weight excluding hydrogens is 280 g/mol. The Balaban J connectivity index is 1.98. The van der Waals surface area contributed by atoms with Crippen molar-refractivity contribution in [2.75, 3.05) is 0 Å². The molecule has 5 heteroatoms. The highest BCUT2D eigenvalue weighted by molar-refractivity contribution is 7.71. The third kappa shape index (κ3) is 2.78. The van der Waals surface area contributed by atoms with Gasteiger partial charge in [0.15, 0.2) is 5.82 Å². The van der Waals surface area contributed by atoms with Crippen molar-refractivity contribution in [3.05, 3.63) is 52.4 Å². The zero-order chi connectivity index (χ0) is 14.8.